The van der Waals surface area contributed by atoms with E-state index in [0.29, 0.717) is 24.7 Å². The van der Waals surface area contributed by atoms with Crippen LogP contribution in [0.1, 0.15) is 35.1 Å². The van der Waals surface area contributed by atoms with Crippen molar-refractivity contribution in [3.63, 3.8) is 0 Å². The summed E-state index contributed by atoms with van der Waals surface area (Å²) in [5.74, 6) is 5.28. The molecule has 3 N–H and O–H groups in total. The molecule has 2 heterocycles. The van der Waals surface area contributed by atoms with Gasteiger partial charge in [-0.25, -0.2) is 0 Å². The first-order valence-corrected chi connectivity index (χ1v) is 13.2. The summed E-state index contributed by atoms with van der Waals surface area (Å²) in [5.41, 5.74) is 2.41. The van der Waals surface area contributed by atoms with Crippen LogP contribution in [0.25, 0.3) is 0 Å². The quantitative estimate of drug-likeness (QED) is 0.184. The minimum absolute atomic E-state index is 0.124. The van der Waals surface area contributed by atoms with Gasteiger partial charge in [-0.1, -0.05) is 0 Å². The zero-order chi connectivity index (χ0) is 25.9. The highest BCUT2D eigenvalue weighted by Crippen LogP contribution is 2.36. The zero-order valence-electron chi connectivity index (χ0n) is 21.5. The standard InChI is InChI=1S/C25H37N5O5S/c1-29(2)15-19-5-6-20(35-19)17-36-12-11-28-25(16-30(31)32)27-10-8-22-21-14-24(34-4)23(33-3)13-18(21)7-9-26-22/h5-6,13-14,16,22,26-28H,7-12,15,17H2,1-4H3/b25-16-. The van der Waals surface area contributed by atoms with Crippen molar-refractivity contribution in [1.29, 1.82) is 0 Å². The number of methoxy groups -OCH3 is 2. The van der Waals surface area contributed by atoms with Gasteiger partial charge in [0.2, 0.25) is 0 Å². The number of hydrogen-bond donors (Lipinski definition) is 3. The lowest BCUT2D eigenvalue weighted by Crippen LogP contribution is -2.34. The molecule has 2 aromatic rings. The van der Waals surface area contributed by atoms with Crippen molar-refractivity contribution in [2.45, 2.75) is 31.2 Å². The Morgan fingerprint density at radius 3 is 2.67 bits per heavy atom. The van der Waals surface area contributed by atoms with Gasteiger partial charge in [0, 0.05) is 24.9 Å². The summed E-state index contributed by atoms with van der Waals surface area (Å²) in [6, 6.07) is 8.19. The molecule has 36 heavy (non-hydrogen) atoms. The van der Waals surface area contributed by atoms with E-state index in [4.69, 9.17) is 13.9 Å². The summed E-state index contributed by atoms with van der Waals surface area (Å²) in [4.78, 5) is 12.7. The normalized spacial score (nSPS) is 15.5. The molecule has 1 aliphatic heterocycles. The highest BCUT2D eigenvalue weighted by atomic mass is 32.2. The van der Waals surface area contributed by atoms with Crippen molar-refractivity contribution in [3.8, 4) is 11.5 Å². The highest BCUT2D eigenvalue weighted by Gasteiger charge is 2.22. The number of nitrogens with zero attached hydrogens (tertiary/aromatic N) is 2. The van der Waals surface area contributed by atoms with Gasteiger partial charge >= 0.3 is 0 Å². The summed E-state index contributed by atoms with van der Waals surface area (Å²) in [6.45, 7) is 2.82. The molecule has 10 nitrogen and oxygen atoms in total. The molecule has 0 fully saturated rings. The lowest BCUT2D eigenvalue weighted by molar-refractivity contribution is -0.404. The molecule has 1 unspecified atom stereocenters. The second kappa shape index (κ2) is 14.0. The molecule has 0 aliphatic carbocycles. The number of benzene rings is 1. The van der Waals surface area contributed by atoms with E-state index < -0.39 is 4.92 Å². The van der Waals surface area contributed by atoms with Crippen molar-refractivity contribution in [1.82, 2.24) is 20.9 Å². The predicted molar refractivity (Wildman–Crippen MR) is 142 cm³/mol. The monoisotopic (exact) mass is 519 g/mol. The number of rotatable bonds is 15. The number of fused-ring (bicyclic) bond motifs is 1. The molecule has 1 aliphatic rings. The van der Waals surface area contributed by atoms with Crippen molar-refractivity contribution >= 4 is 11.8 Å². The van der Waals surface area contributed by atoms with E-state index >= 15 is 0 Å². The van der Waals surface area contributed by atoms with Gasteiger partial charge in [0.25, 0.3) is 6.20 Å². The van der Waals surface area contributed by atoms with Crippen LogP contribution < -0.4 is 25.4 Å². The molecular formula is C25H37N5O5S. The van der Waals surface area contributed by atoms with E-state index in [1.165, 1.54) is 11.1 Å². The van der Waals surface area contributed by atoms with Crippen LogP contribution in [0.5, 0.6) is 11.5 Å². The summed E-state index contributed by atoms with van der Waals surface area (Å²) < 4.78 is 16.7. The first-order valence-electron chi connectivity index (χ1n) is 12.0. The fraction of sp³-hybridized carbons (Fsp3) is 0.520. The highest BCUT2D eigenvalue weighted by molar-refractivity contribution is 7.98. The third-order valence-corrected chi connectivity index (χ3v) is 6.77. The zero-order valence-corrected chi connectivity index (χ0v) is 22.3. The molecule has 0 amide bonds. The average molecular weight is 520 g/mol. The topological polar surface area (TPSA) is 114 Å². The molecule has 0 saturated heterocycles. The van der Waals surface area contributed by atoms with Crippen LogP contribution in [0.3, 0.4) is 0 Å². The summed E-state index contributed by atoms with van der Waals surface area (Å²) >= 11 is 1.72. The molecule has 1 aromatic heterocycles. The Balaban J connectivity index is 1.45. The van der Waals surface area contributed by atoms with Gasteiger partial charge < -0.3 is 34.7 Å². The Labute approximate surface area is 216 Å². The molecule has 0 radical (unpaired) electrons. The van der Waals surface area contributed by atoms with Crippen LogP contribution in [-0.2, 0) is 18.7 Å². The Bertz CT molecular complexity index is 1030. The number of ether oxygens (including phenoxy) is 2. The Morgan fingerprint density at radius 1 is 1.22 bits per heavy atom. The lowest BCUT2D eigenvalue weighted by Gasteiger charge is -2.28. The van der Waals surface area contributed by atoms with Crippen molar-refractivity contribution in [3.05, 3.63) is 69.0 Å². The Morgan fingerprint density at radius 2 is 1.94 bits per heavy atom. The predicted octanol–water partition coefficient (Wildman–Crippen LogP) is 3.12. The van der Waals surface area contributed by atoms with Crippen LogP contribution in [0.4, 0.5) is 0 Å². The van der Waals surface area contributed by atoms with E-state index in [0.717, 1.165) is 60.9 Å². The minimum atomic E-state index is -0.442. The van der Waals surface area contributed by atoms with Gasteiger partial charge in [-0.2, -0.15) is 11.8 Å². The third kappa shape index (κ3) is 8.35. The van der Waals surface area contributed by atoms with E-state index in [2.05, 4.69) is 20.9 Å². The smallest absolute Gasteiger partial charge is 0.274 e. The van der Waals surface area contributed by atoms with Gasteiger partial charge in [-0.3, -0.25) is 10.1 Å². The van der Waals surface area contributed by atoms with Crippen molar-refractivity contribution in [2.75, 3.05) is 53.7 Å². The van der Waals surface area contributed by atoms with Gasteiger partial charge in [0.05, 0.1) is 31.4 Å². The fourth-order valence-electron chi connectivity index (χ4n) is 4.16. The maximum Gasteiger partial charge on any atom is 0.274 e. The molecule has 198 valence electrons. The number of nitrogens with one attached hydrogen (secondary N) is 3. The molecule has 0 spiro atoms. The van der Waals surface area contributed by atoms with Crippen LogP contribution in [0.2, 0.25) is 0 Å². The van der Waals surface area contributed by atoms with E-state index in [1.54, 1.807) is 26.0 Å². The second-order valence-corrected chi connectivity index (χ2v) is 9.90. The van der Waals surface area contributed by atoms with Crippen molar-refractivity contribution < 1.29 is 18.8 Å². The average Bonchev–Trinajstić information content (AvgIpc) is 3.28. The Kier molecular flexibility index (Phi) is 10.8. The number of furan rings is 1. The maximum atomic E-state index is 11.1. The van der Waals surface area contributed by atoms with Gasteiger partial charge in [-0.05, 0) is 68.9 Å². The fourth-order valence-corrected chi connectivity index (χ4v) is 4.91. The molecular weight excluding hydrogens is 482 g/mol. The van der Waals surface area contributed by atoms with Crippen molar-refractivity contribution in [2.24, 2.45) is 0 Å². The summed E-state index contributed by atoms with van der Waals surface area (Å²) in [7, 11) is 7.28. The molecule has 0 saturated carbocycles. The molecule has 3 rings (SSSR count). The first-order chi connectivity index (χ1) is 17.4. The summed E-state index contributed by atoms with van der Waals surface area (Å²) in [5, 5.41) is 21.0. The molecule has 0 bridgehead atoms. The second-order valence-electron chi connectivity index (χ2n) is 8.79. The summed E-state index contributed by atoms with van der Waals surface area (Å²) in [6.07, 6.45) is 2.67. The van der Waals surface area contributed by atoms with Crippen LogP contribution in [0, 0.1) is 10.1 Å². The van der Waals surface area contributed by atoms with Gasteiger partial charge in [-0.15, -0.1) is 0 Å². The lowest BCUT2D eigenvalue weighted by atomic mass is 9.92. The van der Waals surface area contributed by atoms with Crippen LogP contribution in [-0.4, -0.2) is 63.5 Å². The number of nitro groups is 1. The molecule has 1 aromatic carbocycles. The van der Waals surface area contributed by atoms with E-state index in [9.17, 15) is 10.1 Å². The molecule has 11 heteroatoms. The number of thioether (sulfide) groups is 1. The van der Waals surface area contributed by atoms with E-state index in [1.807, 2.05) is 38.4 Å². The third-order valence-electron chi connectivity index (χ3n) is 5.78. The van der Waals surface area contributed by atoms with E-state index in [-0.39, 0.29) is 6.04 Å². The van der Waals surface area contributed by atoms with Crippen LogP contribution >= 0.6 is 11.8 Å². The largest absolute Gasteiger partial charge is 0.493 e. The van der Waals surface area contributed by atoms with Gasteiger partial charge in [0.1, 0.15) is 11.5 Å². The SMILES string of the molecule is COc1cc2c(cc1OC)C(CCN/C(=C/[N+](=O)[O-])NCCSCc1ccc(CN(C)C)o1)NCC2. The first kappa shape index (κ1) is 27.7. The maximum absolute atomic E-state index is 11.1. The number of hydrogen-bond acceptors (Lipinski definition) is 10. The molecule has 1 atom stereocenters. The van der Waals surface area contributed by atoms with Gasteiger partial charge in [0.15, 0.2) is 17.3 Å². The minimum Gasteiger partial charge on any atom is -0.493 e. The Hall–Kier alpha value is -2.89. The van der Waals surface area contributed by atoms with Crippen LogP contribution in [0.15, 0.2) is 40.7 Å².